The molecule has 1 aromatic rings. The second-order valence-corrected chi connectivity index (χ2v) is 3.37. The molecule has 0 saturated carbocycles. The molecule has 1 aliphatic heterocycles. The lowest BCUT2D eigenvalue weighted by Crippen LogP contribution is -2.24. The third-order valence-corrected chi connectivity index (χ3v) is 2.46. The Morgan fingerprint density at radius 2 is 2.36 bits per heavy atom. The minimum Gasteiger partial charge on any atom is -0.376 e. The number of rotatable bonds is 2. The third kappa shape index (κ3) is 1.75. The van der Waals surface area contributed by atoms with Crippen LogP contribution in [0.1, 0.15) is 17.8 Å². The zero-order valence-corrected chi connectivity index (χ0v) is 8.70. The van der Waals surface area contributed by atoms with E-state index in [9.17, 15) is 0 Å². The highest BCUT2D eigenvalue weighted by Gasteiger charge is 2.22. The molecule has 0 spiro atoms. The van der Waals surface area contributed by atoms with E-state index in [0.29, 0.717) is 25.7 Å². The van der Waals surface area contributed by atoms with Crippen LogP contribution in [-0.4, -0.2) is 34.6 Å². The van der Waals surface area contributed by atoms with Crippen LogP contribution in [0.4, 0.5) is 0 Å². The molecule has 14 heavy (non-hydrogen) atoms. The minimum absolute atomic E-state index is 0.113. The predicted octanol–water partition coefficient (Wildman–Crippen LogP) is 0.642. The highest BCUT2D eigenvalue weighted by Crippen LogP contribution is 2.19. The SMILES string of the molecule is Cn1c(CCl)nnc1C1COCCO1. The van der Waals surface area contributed by atoms with E-state index in [0.717, 1.165) is 11.6 Å². The van der Waals surface area contributed by atoms with Crippen molar-refractivity contribution in [1.29, 1.82) is 0 Å². The topological polar surface area (TPSA) is 49.2 Å². The van der Waals surface area contributed by atoms with Gasteiger partial charge in [0.15, 0.2) is 5.82 Å². The molecule has 0 amide bonds. The van der Waals surface area contributed by atoms with Gasteiger partial charge in [0.25, 0.3) is 0 Å². The van der Waals surface area contributed by atoms with Gasteiger partial charge in [0, 0.05) is 7.05 Å². The fraction of sp³-hybridized carbons (Fsp3) is 0.750. The third-order valence-electron chi connectivity index (χ3n) is 2.22. The summed E-state index contributed by atoms with van der Waals surface area (Å²) in [6.07, 6.45) is -0.113. The van der Waals surface area contributed by atoms with Crippen LogP contribution >= 0.6 is 11.6 Å². The predicted molar refractivity (Wildman–Crippen MR) is 50.1 cm³/mol. The first-order valence-corrected chi connectivity index (χ1v) is 5.00. The number of ether oxygens (including phenoxy) is 2. The van der Waals surface area contributed by atoms with Crippen LogP contribution in [0.15, 0.2) is 0 Å². The number of aromatic nitrogens is 3. The lowest BCUT2D eigenvalue weighted by Gasteiger charge is -2.21. The summed E-state index contributed by atoms with van der Waals surface area (Å²) in [5.41, 5.74) is 0. The van der Waals surface area contributed by atoms with Crippen LogP contribution in [0.25, 0.3) is 0 Å². The Morgan fingerprint density at radius 1 is 1.50 bits per heavy atom. The van der Waals surface area contributed by atoms with Crippen LogP contribution in [0.3, 0.4) is 0 Å². The van der Waals surface area contributed by atoms with Crippen molar-refractivity contribution in [3.8, 4) is 0 Å². The van der Waals surface area contributed by atoms with Gasteiger partial charge >= 0.3 is 0 Å². The largest absolute Gasteiger partial charge is 0.376 e. The maximum atomic E-state index is 5.69. The molecule has 0 radical (unpaired) electrons. The Bertz CT molecular complexity index is 310. The van der Waals surface area contributed by atoms with Crippen LogP contribution < -0.4 is 0 Å². The number of hydrogen-bond donors (Lipinski definition) is 0. The van der Waals surface area contributed by atoms with E-state index in [2.05, 4.69) is 10.2 Å². The zero-order chi connectivity index (χ0) is 9.97. The van der Waals surface area contributed by atoms with Gasteiger partial charge in [-0.1, -0.05) is 0 Å². The average molecular weight is 218 g/mol. The minimum atomic E-state index is -0.113. The quantitative estimate of drug-likeness (QED) is 0.683. The van der Waals surface area contributed by atoms with Gasteiger partial charge in [0.1, 0.15) is 11.9 Å². The Labute approximate surface area is 87.0 Å². The maximum Gasteiger partial charge on any atom is 0.164 e. The first-order valence-electron chi connectivity index (χ1n) is 4.46. The van der Waals surface area contributed by atoms with E-state index in [1.54, 1.807) is 0 Å². The van der Waals surface area contributed by atoms with Crippen molar-refractivity contribution in [2.24, 2.45) is 7.05 Å². The van der Waals surface area contributed by atoms with Gasteiger partial charge in [-0.3, -0.25) is 0 Å². The molecule has 1 aromatic heterocycles. The Balaban J connectivity index is 2.18. The molecular formula is C8H12ClN3O2. The number of hydrogen-bond acceptors (Lipinski definition) is 4. The Kier molecular flexibility index (Phi) is 3.00. The molecule has 78 valence electrons. The number of halogens is 1. The van der Waals surface area contributed by atoms with Crippen molar-refractivity contribution >= 4 is 11.6 Å². The molecular weight excluding hydrogens is 206 g/mol. The van der Waals surface area contributed by atoms with E-state index >= 15 is 0 Å². The van der Waals surface area contributed by atoms with Crippen LogP contribution in [0.5, 0.6) is 0 Å². The van der Waals surface area contributed by atoms with Gasteiger partial charge in [-0.2, -0.15) is 0 Å². The molecule has 1 aliphatic rings. The van der Waals surface area contributed by atoms with E-state index in [1.165, 1.54) is 0 Å². The molecule has 0 bridgehead atoms. The van der Waals surface area contributed by atoms with Crippen molar-refractivity contribution in [1.82, 2.24) is 14.8 Å². The zero-order valence-electron chi connectivity index (χ0n) is 7.94. The van der Waals surface area contributed by atoms with Crippen LogP contribution in [-0.2, 0) is 22.4 Å². The number of nitrogens with zero attached hydrogens (tertiary/aromatic N) is 3. The second kappa shape index (κ2) is 4.25. The average Bonchev–Trinajstić information content (AvgIpc) is 2.61. The highest BCUT2D eigenvalue weighted by atomic mass is 35.5. The molecule has 1 unspecified atom stereocenters. The van der Waals surface area contributed by atoms with Crippen molar-refractivity contribution in [2.45, 2.75) is 12.0 Å². The van der Waals surface area contributed by atoms with Crippen molar-refractivity contribution in [3.05, 3.63) is 11.6 Å². The molecule has 6 heteroatoms. The summed E-state index contributed by atoms with van der Waals surface area (Å²) < 4.78 is 12.7. The lowest BCUT2D eigenvalue weighted by molar-refractivity contribution is -0.0945. The highest BCUT2D eigenvalue weighted by molar-refractivity contribution is 6.16. The summed E-state index contributed by atoms with van der Waals surface area (Å²) in [5, 5.41) is 7.99. The standard InChI is InChI=1S/C8H12ClN3O2/c1-12-7(4-9)10-11-8(12)6-5-13-2-3-14-6/h6H,2-5H2,1H3. The molecule has 5 nitrogen and oxygen atoms in total. The van der Waals surface area contributed by atoms with Crippen LogP contribution in [0.2, 0.25) is 0 Å². The first kappa shape index (κ1) is 9.89. The van der Waals surface area contributed by atoms with Gasteiger partial charge in [0.05, 0.1) is 25.7 Å². The summed E-state index contributed by atoms with van der Waals surface area (Å²) in [6.45, 7) is 1.79. The van der Waals surface area contributed by atoms with Crippen LogP contribution in [0, 0.1) is 0 Å². The molecule has 0 aliphatic carbocycles. The molecule has 1 saturated heterocycles. The van der Waals surface area contributed by atoms with Crippen molar-refractivity contribution < 1.29 is 9.47 Å². The summed E-state index contributed by atoms with van der Waals surface area (Å²) in [4.78, 5) is 0. The number of alkyl halides is 1. The Morgan fingerprint density at radius 3 is 2.93 bits per heavy atom. The molecule has 0 N–H and O–H groups in total. The van der Waals surface area contributed by atoms with Crippen molar-refractivity contribution in [2.75, 3.05) is 19.8 Å². The van der Waals surface area contributed by atoms with Gasteiger partial charge in [-0.15, -0.1) is 21.8 Å². The summed E-state index contributed by atoms with van der Waals surface area (Å²) in [5.74, 6) is 1.88. The summed E-state index contributed by atoms with van der Waals surface area (Å²) in [6, 6.07) is 0. The van der Waals surface area contributed by atoms with Gasteiger partial charge < -0.3 is 14.0 Å². The van der Waals surface area contributed by atoms with Gasteiger partial charge in [0.2, 0.25) is 0 Å². The fourth-order valence-electron chi connectivity index (χ4n) is 1.41. The smallest absolute Gasteiger partial charge is 0.164 e. The van der Waals surface area contributed by atoms with E-state index in [-0.39, 0.29) is 6.10 Å². The van der Waals surface area contributed by atoms with Crippen molar-refractivity contribution in [3.63, 3.8) is 0 Å². The summed E-state index contributed by atoms with van der Waals surface area (Å²) in [7, 11) is 1.88. The van der Waals surface area contributed by atoms with Gasteiger partial charge in [-0.25, -0.2) is 0 Å². The van der Waals surface area contributed by atoms with Gasteiger partial charge in [-0.05, 0) is 0 Å². The summed E-state index contributed by atoms with van der Waals surface area (Å²) >= 11 is 5.69. The maximum absolute atomic E-state index is 5.69. The van der Waals surface area contributed by atoms with E-state index in [4.69, 9.17) is 21.1 Å². The van der Waals surface area contributed by atoms with E-state index < -0.39 is 0 Å². The Hall–Kier alpha value is -0.650. The molecule has 2 heterocycles. The fourth-order valence-corrected chi connectivity index (χ4v) is 1.64. The van der Waals surface area contributed by atoms with E-state index in [1.807, 2.05) is 11.6 Å². The molecule has 1 fully saturated rings. The molecule has 1 atom stereocenters. The monoisotopic (exact) mass is 217 g/mol. The molecule has 2 rings (SSSR count). The molecule has 0 aromatic carbocycles. The normalized spacial score (nSPS) is 22.6. The second-order valence-electron chi connectivity index (χ2n) is 3.10. The lowest BCUT2D eigenvalue weighted by atomic mass is 10.3. The first-order chi connectivity index (χ1) is 6.83.